The van der Waals surface area contributed by atoms with Gasteiger partial charge < -0.3 is 9.47 Å². The summed E-state index contributed by atoms with van der Waals surface area (Å²) >= 11 is 0. The molecule has 0 amide bonds. The fourth-order valence-corrected chi connectivity index (χ4v) is 2.82. The van der Waals surface area contributed by atoms with Crippen LogP contribution in [-0.4, -0.2) is 32.2 Å². The molecule has 1 aliphatic rings. The molecule has 0 saturated carbocycles. The van der Waals surface area contributed by atoms with Gasteiger partial charge in [0.05, 0.1) is 12.4 Å². The van der Waals surface area contributed by atoms with Gasteiger partial charge >= 0.3 is 0 Å². The third-order valence-corrected chi connectivity index (χ3v) is 3.92. The Balaban J connectivity index is 1.92. The van der Waals surface area contributed by atoms with Gasteiger partial charge in [0.2, 0.25) is 5.88 Å². The lowest BCUT2D eigenvalue weighted by atomic mass is 10.0. The molecule has 1 aliphatic heterocycles. The maximum atomic E-state index is 6.10. The predicted molar refractivity (Wildman–Crippen MR) is 79.0 cm³/mol. The first-order chi connectivity index (χ1) is 10.2. The van der Waals surface area contributed by atoms with Crippen LogP contribution >= 0.6 is 0 Å². The quantitative estimate of drug-likeness (QED) is 0.792. The number of hydrogen-bond donors (Lipinski definition) is 0. The van der Waals surface area contributed by atoms with Gasteiger partial charge in [0.15, 0.2) is 11.2 Å². The van der Waals surface area contributed by atoms with Crippen LogP contribution in [0.1, 0.15) is 32.9 Å². The fraction of sp³-hybridized carbons (Fsp3) is 0.533. The molecule has 0 bridgehead atoms. The minimum absolute atomic E-state index is 0.0166. The van der Waals surface area contributed by atoms with Gasteiger partial charge in [-0.2, -0.15) is 4.98 Å². The highest BCUT2D eigenvalue weighted by Crippen LogP contribution is 2.36. The summed E-state index contributed by atoms with van der Waals surface area (Å²) in [5.41, 5.74) is 1.41. The second kappa shape index (κ2) is 5.81. The van der Waals surface area contributed by atoms with E-state index in [0.717, 1.165) is 18.5 Å². The minimum Gasteiger partial charge on any atom is -0.472 e. The smallest absolute Gasteiger partial charge is 0.245 e. The zero-order valence-electron chi connectivity index (χ0n) is 12.4. The summed E-state index contributed by atoms with van der Waals surface area (Å²) < 4.78 is 13.6. The first-order valence-corrected chi connectivity index (χ1v) is 7.31. The van der Waals surface area contributed by atoms with Crippen molar-refractivity contribution in [3.63, 3.8) is 0 Å². The predicted octanol–water partition coefficient (Wildman–Crippen LogP) is 2.72. The van der Waals surface area contributed by atoms with Crippen LogP contribution in [0.3, 0.4) is 0 Å². The molecule has 1 fully saturated rings. The van der Waals surface area contributed by atoms with E-state index in [0.29, 0.717) is 30.0 Å². The van der Waals surface area contributed by atoms with Gasteiger partial charge in [0.25, 0.3) is 0 Å². The van der Waals surface area contributed by atoms with E-state index in [1.807, 2.05) is 4.57 Å². The van der Waals surface area contributed by atoms with Crippen molar-refractivity contribution in [1.82, 2.24) is 19.5 Å². The van der Waals surface area contributed by atoms with Crippen LogP contribution in [0, 0.1) is 5.92 Å². The monoisotopic (exact) mass is 288 g/mol. The third-order valence-electron chi connectivity index (χ3n) is 3.92. The van der Waals surface area contributed by atoms with Gasteiger partial charge in [0, 0.05) is 0 Å². The molecular weight excluding hydrogens is 268 g/mol. The summed E-state index contributed by atoms with van der Waals surface area (Å²) in [5, 5.41) is 0. The lowest BCUT2D eigenvalue weighted by Crippen LogP contribution is -2.12. The van der Waals surface area contributed by atoms with Crippen LogP contribution in [0.2, 0.25) is 0 Å². The van der Waals surface area contributed by atoms with Gasteiger partial charge in [-0.05, 0) is 18.8 Å². The van der Waals surface area contributed by atoms with Crippen molar-refractivity contribution in [2.75, 3.05) is 6.61 Å². The minimum atomic E-state index is -0.0166. The van der Waals surface area contributed by atoms with Crippen molar-refractivity contribution in [2.45, 2.75) is 39.0 Å². The summed E-state index contributed by atoms with van der Waals surface area (Å²) in [6.07, 6.45) is 7.20. The second-order valence-electron chi connectivity index (χ2n) is 5.35. The van der Waals surface area contributed by atoms with E-state index in [2.05, 4.69) is 35.4 Å². The summed E-state index contributed by atoms with van der Waals surface area (Å²) in [6.45, 7) is 8.41. The van der Waals surface area contributed by atoms with Gasteiger partial charge in [-0.1, -0.05) is 26.5 Å². The summed E-state index contributed by atoms with van der Waals surface area (Å²) in [7, 11) is 0. The van der Waals surface area contributed by atoms with Crippen LogP contribution in [0.4, 0.5) is 0 Å². The first kappa shape index (κ1) is 14.0. The van der Waals surface area contributed by atoms with E-state index in [4.69, 9.17) is 9.47 Å². The average Bonchev–Trinajstić information content (AvgIpc) is 3.08. The second-order valence-corrected chi connectivity index (χ2v) is 5.35. The molecule has 2 aromatic heterocycles. The van der Waals surface area contributed by atoms with Crippen molar-refractivity contribution >= 4 is 11.2 Å². The van der Waals surface area contributed by atoms with Crippen LogP contribution in [0.5, 0.6) is 5.88 Å². The summed E-state index contributed by atoms with van der Waals surface area (Å²) in [4.78, 5) is 12.9. The molecule has 6 heteroatoms. The third kappa shape index (κ3) is 2.51. The topological polar surface area (TPSA) is 62.1 Å². The summed E-state index contributed by atoms with van der Waals surface area (Å²) in [5.74, 6) is 1.02. The Hall–Kier alpha value is -1.95. The van der Waals surface area contributed by atoms with E-state index >= 15 is 0 Å². The van der Waals surface area contributed by atoms with Gasteiger partial charge in [-0.25, -0.2) is 9.97 Å². The molecule has 1 saturated heterocycles. The molecule has 0 N–H and O–H groups in total. The largest absolute Gasteiger partial charge is 0.472 e. The zero-order chi connectivity index (χ0) is 14.8. The SMILES string of the molecule is C=CCOc1ncnc2c1ncn2[C@H]1CC(C)[C@@H](CC)O1. The maximum absolute atomic E-state index is 6.10. The Morgan fingerprint density at radius 2 is 2.33 bits per heavy atom. The lowest BCUT2D eigenvalue weighted by Gasteiger charge is -2.14. The molecule has 3 heterocycles. The average molecular weight is 288 g/mol. The van der Waals surface area contributed by atoms with Crippen LogP contribution in [-0.2, 0) is 4.74 Å². The Kier molecular flexibility index (Phi) is 3.88. The Bertz CT molecular complexity index is 640. The van der Waals surface area contributed by atoms with Crippen molar-refractivity contribution in [2.24, 2.45) is 5.92 Å². The van der Waals surface area contributed by atoms with Gasteiger partial charge in [-0.3, -0.25) is 4.57 Å². The molecule has 0 aliphatic carbocycles. The van der Waals surface area contributed by atoms with E-state index in [-0.39, 0.29) is 6.23 Å². The van der Waals surface area contributed by atoms with Gasteiger partial charge in [-0.15, -0.1) is 0 Å². The van der Waals surface area contributed by atoms with Crippen molar-refractivity contribution < 1.29 is 9.47 Å². The molecule has 6 nitrogen and oxygen atoms in total. The standard InChI is InChI=1S/C15H20N4O2/c1-4-6-20-15-13-14(16-8-17-15)19(9-18-13)12-7-10(3)11(5-2)21-12/h4,8-12H,1,5-7H2,2-3H3/t10?,11-,12-/m1/s1. The summed E-state index contributed by atoms with van der Waals surface area (Å²) in [6, 6.07) is 0. The zero-order valence-corrected chi connectivity index (χ0v) is 12.4. The van der Waals surface area contributed by atoms with Crippen LogP contribution < -0.4 is 4.74 Å². The number of fused-ring (bicyclic) bond motifs is 1. The normalized spacial score (nSPS) is 25.3. The molecule has 3 rings (SSSR count). The molecule has 1 unspecified atom stereocenters. The number of aromatic nitrogens is 4. The van der Waals surface area contributed by atoms with Crippen molar-refractivity contribution in [1.29, 1.82) is 0 Å². The van der Waals surface area contributed by atoms with Crippen molar-refractivity contribution in [3.8, 4) is 5.88 Å². The van der Waals surface area contributed by atoms with Gasteiger partial charge in [0.1, 0.15) is 19.2 Å². The Labute approximate surface area is 123 Å². The number of nitrogens with zero attached hydrogens (tertiary/aromatic N) is 4. The van der Waals surface area contributed by atoms with Crippen molar-refractivity contribution in [3.05, 3.63) is 25.3 Å². The number of ether oxygens (including phenoxy) is 2. The number of rotatable bonds is 5. The lowest BCUT2D eigenvalue weighted by molar-refractivity contribution is -0.00304. The fourth-order valence-electron chi connectivity index (χ4n) is 2.82. The maximum Gasteiger partial charge on any atom is 0.245 e. The highest BCUT2D eigenvalue weighted by Gasteiger charge is 2.33. The van der Waals surface area contributed by atoms with E-state index in [9.17, 15) is 0 Å². The highest BCUT2D eigenvalue weighted by molar-refractivity contribution is 5.76. The molecule has 0 aromatic carbocycles. The molecular formula is C15H20N4O2. The Morgan fingerprint density at radius 3 is 3.05 bits per heavy atom. The Morgan fingerprint density at radius 1 is 1.48 bits per heavy atom. The van der Waals surface area contributed by atoms with E-state index in [1.54, 1.807) is 12.4 Å². The molecule has 2 aromatic rings. The number of imidazole rings is 1. The molecule has 21 heavy (non-hydrogen) atoms. The molecule has 112 valence electrons. The molecule has 0 spiro atoms. The van der Waals surface area contributed by atoms with Crippen LogP contribution in [0.25, 0.3) is 11.2 Å². The van der Waals surface area contributed by atoms with Crippen LogP contribution in [0.15, 0.2) is 25.3 Å². The molecule has 3 atom stereocenters. The van der Waals surface area contributed by atoms with E-state index in [1.165, 1.54) is 6.33 Å². The highest BCUT2D eigenvalue weighted by atomic mass is 16.5. The number of hydrogen-bond acceptors (Lipinski definition) is 5. The first-order valence-electron chi connectivity index (χ1n) is 7.31. The molecule has 0 radical (unpaired) electrons. The van der Waals surface area contributed by atoms with E-state index < -0.39 is 0 Å².